The quantitative estimate of drug-likeness (QED) is 0.853. The van der Waals surface area contributed by atoms with Gasteiger partial charge in [0, 0.05) is 13.6 Å². The minimum Gasteiger partial charge on any atom is -0.493 e. The highest BCUT2D eigenvalue weighted by molar-refractivity contribution is 9.10. The van der Waals surface area contributed by atoms with Gasteiger partial charge in [-0.2, -0.15) is 0 Å². The third kappa shape index (κ3) is 3.86. The third-order valence-electron chi connectivity index (χ3n) is 2.72. The van der Waals surface area contributed by atoms with Gasteiger partial charge in [0.05, 0.1) is 17.1 Å². The van der Waals surface area contributed by atoms with Crippen molar-refractivity contribution in [1.29, 1.82) is 0 Å². The number of benzene rings is 1. The maximum Gasteiger partial charge on any atom is 0.335 e. The summed E-state index contributed by atoms with van der Waals surface area (Å²) in [7, 11) is 3.08. The molecule has 0 atom stereocenters. The molecule has 0 aromatic heterocycles. The van der Waals surface area contributed by atoms with Crippen LogP contribution in [0, 0.1) is 0 Å². The predicted molar refractivity (Wildman–Crippen MR) is 76.5 cm³/mol. The molecule has 0 aliphatic heterocycles. The Kier molecular flexibility index (Phi) is 5.82. The molecule has 0 heterocycles. The number of ether oxygens (including phenoxy) is 2. The summed E-state index contributed by atoms with van der Waals surface area (Å²) in [5.41, 5.74) is 0.0677. The van der Waals surface area contributed by atoms with E-state index in [0.29, 0.717) is 16.8 Å². The maximum absolute atomic E-state index is 11.7. The molecule has 1 aromatic rings. The topological polar surface area (TPSA) is 76.1 Å². The van der Waals surface area contributed by atoms with Gasteiger partial charge in [-0.15, -0.1) is 0 Å². The Balaban J connectivity index is 2.95. The lowest BCUT2D eigenvalue weighted by Crippen LogP contribution is -2.31. The van der Waals surface area contributed by atoms with E-state index in [1.54, 1.807) is 7.05 Å². The van der Waals surface area contributed by atoms with Crippen LogP contribution >= 0.6 is 15.9 Å². The van der Waals surface area contributed by atoms with E-state index in [9.17, 15) is 9.59 Å². The number of likely N-dealkylation sites (N-methyl/N-ethyl adjacent to an activating group) is 1. The third-order valence-corrected chi connectivity index (χ3v) is 3.31. The van der Waals surface area contributed by atoms with Crippen molar-refractivity contribution in [3.05, 3.63) is 22.2 Å². The van der Waals surface area contributed by atoms with Crippen LogP contribution in [0.4, 0.5) is 0 Å². The van der Waals surface area contributed by atoms with Crippen LogP contribution in [0.2, 0.25) is 0 Å². The van der Waals surface area contributed by atoms with Gasteiger partial charge in [-0.25, -0.2) is 4.79 Å². The van der Waals surface area contributed by atoms with E-state index in [4.69, 9.17) is 14.6 Å². The number of hydrogen-bond acceptors (Lipinski definition) is 4. The Bertz CT molecular complexity index is 518. The molecule has 0 aliphatic carbocycles. The summed E-state index contributed by atoms with van der Waals surface area (Å²) in [6.07, 6.45) is 0. The molecule has 110 valence electrons. The Labute approximate surface area is 125 Å². The molecule has 0 spiro atoms. The summed E-state index contributed by atoms with van der Waals surface area (Å²) >= 11 is 3.22. The van der Waals surface area contributed by atoms with Crippen molar-refractivity contribution in [1.82, 2.24) is 4.90 Å². The first kappa shape index (κ1) is 16.3. The van der Waals surface area contributed by atoms with E-state index in [1.165, 1.54) is 24.1 Å². The lowest BCUT2D eigenvalue weighted by atomic mass is 10.2. The minimum atomic E-state index is -1.07. The highest BCUT2D eigenvalue weighted by atomic mass is 79.9. The Hall–Kier alpha value is -1.76. The van der Waals surface area contributed by atoms with Crippen molar-refractivity contribution in [2.24, 2.45) is 0 Å². The van der Waals surface area contributed by atoms with Gasteiger partial charge in [0.25, 0.3) is 5.91 Å². The average molecular weight is 346 g/mol. The highest BCUT2D eigenvalue weighted by Crippen LogP contribution is 2.36. The molecular formula is C13H16BrNO5. The Morgan fingerprint density at radius 3 is 2.55 bits per heavy atom. The normalized spacial score (nSPS) is 10.0. The SMILES string of the molecule is CCN(C)C(=O)COc1c(Br)cc(C(=O)O)cc1OC. The van der Waals surface area contributed by atoms with Gasteiger partial charge in [0.15, 0.2) is 18.1 Å². The molecule has 1 rings (SSSR count). The first-order valence-electron chi connectivity index (χ1n) is 5.88. The molecule has 0 fully saturated rings. The first-order chi connectivity index (χ1) is 9.40. The van der Waals surface area contributed by atoms with Crippen LogP contribution in [0.3, 0.4) is 0 Å². The summed E-state index contributed by atoms with van der Waals surface area (Å²) in [5, 5.41) is 8.96. The van der Waals surface area contributed by atoms with Gasteiger partial charge >= 0.3 is 5.97 Å². The molecule has 0 saturated heterocycles. The van der Waals surface area contributed by atoms with Gasteiger partial charge < -0.3 is 19.5 Å². The average Bonchev–Trinajstić information content (AvgIpc) is 2.43. The lowest BCUT2D eigenvalue weighted by molar-refractivity contribution is -0.131. The van der Waals surface area contributed by atoms with Crippen LogP contribution in [-0.2, 0) is 4.79 Å². The van der Waals surface area contributed by atoms with Crippen molar-refractivity contribution < 1.29 is 24.2 Å². The number of amides is 1. The second-order valence-electron chi connectivity index (χ2n) is 3.99. The molecule has 20 heavy (non-hydrogen) atoms. The van der Waals surface area contributed by atoms with E-state index < -0.39 is 5.97 Å². The largest absolute Gasteiger partial charge is 0.493 e. The van der Waals surface area contributed by atoms with Crippen molar-refractivity contribution in [2.75, 3.05) is 27.3 Å². The summed E-state index contributed by atoms with van der Waals surface area (Å²) in [4.78, 5) is 24.2. The summed E-state index contributed by atoms with van der Waals surface area (Å²) in [5.74, 6) is -0.694. The molecule has 0 unspecified atom stereocenters. The van der Waals surface area contributed by atoms with Gasteiger partial charge in [0.2, 0.25) is 0 Å². The van der Waals surface area contributed by atoms with Crippen LogP contribution in [-0.4, -0.2) is 49.2 Å². The molecule has 0 aliphatic rings. The summed E-state index contributed by atoms with van der Waals surface area (Å²) < 4.78 is 10.9. The monoisotopic (exact) mass is 345 g/mol. The molecule has 0 saturated carbocycles. The Morgan fingerprint density at radius 1 is 1.40 bits per heavy atom. The molecule has 7 heteroatoms. The zero-order valence-electron chi connectivity index (χ0n) is 11.5. The molecule has 0 radical (unpaired) electrons. The molecule has 6 nitrogen and oxygen atoms in total. The number of aromatic carboxylic acids is 1. The second-order valence-corrected chi connectivity index (χ2v) is 4.85. The van der Waals surface area contributed by atoms with Crippen LogP contribution in [0.25, 0.3) is 0 Å². The predicted octanol–water partition coefficient (Wildman–Crippen LogP) is 2.01. The van der Waals surface area contributed by atoms with Crippen molar-refractivity contribution in [3.63, 3.8) is 0 Å². The zero-order valence-corrected chi connectivity index (χ0v) is 13.1. The molecule has 1 N–H and O–H groups in total. The van der Waals surface area contributed by atoms with Gasteiger partial charge in [0.1, 0.15) is 0 Å². The van der Waals surface area contributed by atoms with Gasteiger partial charge in [-0.3, -0.25) is 4.79 Å². The number of carboxylic acid groups (broad SMARTS) is 1. The fourth-order valence-corrected chi connectivity index (χ4v) is 1.96. The second kappa shape index (κ2) is 7.14. The summed E-state index contributed by atoms with van der Waals surface area (Å²) in [6.45, 7) is 2.29. The van der Waals surface area contributed by atoms with Crippen molar-refractivity contribution in [2.45, 2.75) is 6.92 Å². The van der Waals surface area contributed by atoms with E-state index in [1.807, 2.05) is 6.92 Å². The van der Waals surface area contributed by atoms with E-state index in [0.717, 1.165) is 0 Å². The maximum atomic E-state index is 11.7. The number of carbonyl (C=O) groups excluding carboxylic acids is 1. The molecule has 0 bridgehead atoms. The van der Waals surface area contributed by atoms with Crippen LogP contribution in [0.1, 0.15) is 17.3 Å². The number of carboxylic acids is 1. The fourth-order valence-electron chi connectivity index (χ4n) is 1.40. The van der Waals surface area contributed by atoms with Gasteiger partial charge in [-0.1, -0.05) is 0 Å². The number of carbonyl (C=O) groups is 2. The number of methoxy groups -OCH3 is 1. The van der Waals surface area contributed by atoms with E-state index in [2.05, 4.69) is 15.9 Å². The highest BCUT2D eigenvalue weighted by Gasteiger charge is 2.17. The van der Waals surface area contributed by atoms with Gasteiger partial charge in [-0.05, 0) is 35.0 Å². The fraction of sp³-hybridized carbons (Fsp3) is 0.385. The number of rotatable bonds is 6. The van der Waals surface area contributed by atoms with E-state index >= 15 is 0 Å². The van der Waals surface area contributed by atoms with Crippen molar-refractivity contribution in [3.8, 4) is 11.5 Å². The smallest absolute Gasteiger partial charge is 0.335 e. The van der Waals surface area contributed by atoms with Crippen LogP contribution in [0.5, 0.6) is 11.5 Å². The number of halogens is 1. The number of hydrogen-bond donors (Lipinski definition) is 1. The van der Waals surface area contributed by atoms with Crippen LogP contribution < -0.4 is 9.47 Å². The van der Waals surface area contributed by atoms with Crippen LogP contribution in [0.15, 0.2) is 16.6 Å². The Morgan fingerprint density at radius 2 is 2.05 bits per heavy atom. The minimum absolute atomic E-state index is 0.0677. The molecule has 1 aromatic carbocycles. The zero-order chi connectivity index (χ0) is 15.3. The standard InChI is InChI=1S/C13H16BrNO5/c1-4-15(2)11(16)7-20-12-9(14)5-8(13(17)18)6-10(12)19-3/h5-6H,4,7H2,1-3H3,(H,17,18). The molecular weight excluding hydrogens is 330 g/mol. The molecule has 1 amide bonds. The lowest BCUT2D eigenvalue weighted by Gasteiger charge is -2.17. The number of nitrogens with zero attached hydrogens (tertiary/aromatic N) is 1. The summed E-state index contributed by atoms with van der Waals surface area (Å²) in [6, 6.07) is 2.74. The van der Waals surface area contributed by atoms with Crippen molar-refractivity contribution >= 4 is 27.8 Å². The first-order valence-corrected chi connectivity index (χ1v) is 6.67. The van der Waals surface area contributed by atoms with E-state index in [-0.39, 0.29) is 23.8 Å².